The van der Waals surface area contributed by atoms with Crippen LogP contribution in [0.15, 0.2) is 91.3 Å². The maximum absolute atomic E-state index is 4.89. The molecule has 0 saturated heterocycles. The Morgan fingerprint density at radius 1 is 0.558 bits per heavy atom. The lowest BCUT2D eigenvalue weighted by Gasteiger charge is -2.12. The molecule has 0 radical (unpaired) electrons. The number of nitrogens with zero attached hydrogens (tertiary/aromatic N) is 3. The predicted octanol–water partition coefficient (Wildman–Crippen LogP) is 9.21. The Kier molecular flexibility index (Phi) is 8.20. The molecule has 3 nitrogen and oxygen atoms in total. The molecule has 214 valence electrons. The van der Waals surface area contributed by atoms with E-state index in [1.807, 2.05) is 71.2 Å². The molecule has 0 amide bonds. The molecule has 0 bridgehead atoms. The van der Waals surface area contributed by atoms with Gasteiger partial charge in [0.15, 0.2) is 0 Å². The van der Waals surface area contributed by atoms with Crippen LogP contribution >= 0.6 is 34.0 Å². The van der Waals surface area contributed by atoms with Crippen LogP contribution in [-0.4, -0.2) is 31.1 Å². The number of rotatable bonds is 6. The average molecular weight is 648 g/mol. The molecule has 0 aliphatic rings. The predicted molar refractivity (Wildman–Crippen MR) is 194 cm³/mol. The van der Waals surface area contributed by atoms with Crippen molar-refractivity contribution in [3.63, 3.8) is 0 Å². The van der Waals surface area contributed by atoms with Crippen molar-refractivity contribution in [3.8, 4) is 54.8 Å². The number of hydrogen-bond acceptors (Lipinski definition) is 6. The fraction of sp³-hybridized carbons (Fsp3) is 0.171. The molecule has 0 spiro atoms. The van der Waals surface area contributed by atoms with Crippen LogP contribution in [0.1, 0.15) is 10.4 Å². The smallest absolute Gasteiger partial charge is 0.0906 e. The summed E-state index contributed by atoms with van der Waals surface area (Å²) in [5, 5.41) is 0. The maximum atomic E-state index is 4.89. The minimum atomic E-state index is -1.40. The molecule has 0 N–H and O–H groups in total. The van der Waals surface area contributed by atoms with Gasteiger partial charge in [-0.3, -0.25) is 9.97 Å². The molecule has 6 heterocycles. The first kappa shape index (κ1) is 29.6. The van der Waals surface area contributed by atoms with Gasteiger partial charge < -0.3 is 0 Å². The summed E-state index contributed by atoms with van der Waals surface area (Å²) < 4.78 is 3.06. The lowest BCUT2D eigenvalue weighted by molar-refractivity contribution is 1.21. The summed E-state index contributed by atoms with van der Waals surface area (Å²) in [5.74, 6) is 6.99. The van der Waals surface area contributed by atoms with Crippen molar-refractivity contribution in [2.24, 2.45) is 0 Å². The summed E-state index contributed by atoms with van der Waals surface area (Å²) >= 11 is 5.71. The highest BCUT2D eigenvalue weighted by atomic mass is 32.1. The van der Waals surface area contributed by atoms with Crippen LogP contribution in [0.4, 0.5) is 0 Å². The van der Waals surface area contributed by atoms with Crippen molar-refractivity contribution in [2.75, 3.05) is 0 Å². The number of thiophene rings is 3. The van der Waals surface area contributed by atoms with E-state index in [4.69, 9.17) is 4.98 Å². The molecule has 6 aromatic rings. The standard InChI is InChI=1S/C35H33N3S3Si2/c1-42(2,3)33-17-15-31(40-33)26-23-25(39-35(26)32-16-18-34(41-32)43(4,5)6)14-13-24-21-29(27-11-7-9-19-36-27)38-30(22-24)28-12-8-10-20-37-28/h7-12,15-23H,1-6H3. The van der Waals surface area contributed by atoms with Gasteiger partial charge in [-0.1, -0.05) is 75.4 Å². The lowest BCUT2D eigenvalue weighted by Crippen LogP contribution is -2.34. The second-order valence-electron chi connectivity index (χ2n) is 12.5. The molecule has 0 unspecified atom stereocenters. The summed E-state index contributed by atoms with van der Waals surface area (Å²) in [6.07, 6.45) is 3.58. The van der Waals surface area contributed by atoms with Crippen LogP contribution in [0.25, 0.3) is 43.0 Å². The van der Waals surface area contributed by atoms with Gasteiger partial charge >= 0.3 is 0 Å². The normalized spacial score (nSPS) is 11.8. The third-order valence-corrected chi connectivity index (χ3v) is 17.6. The van der Waals surface area contributed by atoms with Gasteiger partial charge in [0.05, 0.1) is 48.7 Å². The highest BCUT2D eigenvalue weighted by Gasteiger charge is 2.23. The van der Waals surface area contributed by atoms with Crippen LogP contribution in [0.5, 0.6) is 0 Å². The summed E-state index contributed by atoms with van der Waals surface area (Å²) in [6, 6.07) is 27.4. The zero-order valence-corrected chi connectivity index (χ0v) is 29.7. The van der Waals surface area contributed by atoms with E-state index >= 15 is 0 Å². The van der Waals surface area contributed by atoms with Gasteiger partial charge in [0.2, 0.25) is 0 Å². The van der Waals surface area contributed by atoms with E-state index in [0.29, 0.717) is 0 Å². The number of pyridine rings is 3. The van der Waals surface area contributed by atoms with Crippen molar-refractivity contribution in [3.05, 3.63) is 102 Å². The lowest BCUT2D eigenvalue weighted by atomic mass is 10.1. The largest absolute Gasteiger partial charge is 0.255 e. The summed E-state index contributed by atoms with van der Waals surface area (Å²) in [5.41, 5.74) is 5.39. The molecular formula is C35H33N3S3Si2. The van der Waals surface area contributed by atoms with Crippen LogP contribution in [0, 0.1) is 11.8 Å². The molecule has 0 atom stereocenters. The Hall–Kier alpha value is -3.46. The van der Waals surface area contributed by atoms with Gasteiger partial charge in [0, 0.05) is 33.3 Å². The van der Waals surface area contributed by atoms with Gasteiger partial charge in [-0.2, -0.15) is 0 Å². The van der Waals surface area contributed by atoms with Gasteiger partial charge in [-0.25, -0.2) is 4.98 Å². The second kappa shape index (κ2) is 11.9. The Morgan fingerprint density at radius 2 is 1.12 bits per heavy atom. The maximum Gasteiger partial charge on any atom is 0.0906 e. The van der Waals surface area contributed by atoms with E-state index in [9.17, 15) is 0 Å². The van der Waals surface area contributed by atoms with Gasteiger partial charge in [-0.15, -0.1) is 34.0 Å². The molecule has 0 aliphatic carbocycles. The average Bonchev–Trinajstić information content (AvgIpc) is 3.76. The van der Waals surface area contributed by atoms with Crippen molar-refractivity contribution < 1.29 is 0 Å². The fourth-order valence-electron chi connectivity index (χ4n) is 4.59. The van der Waals surface area contributed by atoms with Gasteiger partial charge in [0.1, 0.15) is 0 Å². The molecule has 6 aromatic heterocycles. The Balaban J connectivity index is 1.45. The first-order chi connectivity index (χ1) is 20.5. The quantitative estimate of drug-likeness (QED) is 0.134. The van der Waals surface area contributed by atoms with Crippen molar-refractivity contribution >= 4 is 59.2 Å². The SMILES string of the molecule is C[Si](C)(C)c1ccc(-c2cc(C#Cc3cc(-c4ccccn4)nc(-c4ccccn4)c3)sc2-c2ccc([Si](C)(C)C)s2)s1. The van der Waals surface area contributed by atoms with Crippen molar-refractivity contribution in [2.45, 2.75) is 39.3 Å². The zero-order chi connectivity index (χ0) is 30.2. The molecular weight excluding hydrogens is 615 g/mol. The minimum absolute atomic E-state index is 0.788. The number of hydrogen-bond donors (Lipinski definition) is 0. The molecule has 0 saturated carbocycles. The third kappa shape index (κ3) is 6.72. The summed E-state index contributed by atoms with van der Waals surface area (Å²) in [6.45, 7) is 14.5. The Morgan fingerprint density at radius 3 is 1.63 bits per heavy atom. The Labute approximate surface area is 268 Å². The first-order valence-electron chi connectivity index (χ1n) is 14.3. The van der Waals surface area contributed by atoms with E-state index in [2.05, 4.69) is 91.4 Å². The van der Waals surface area contributed by atoms with Gasteiger partial charge in [-0.05, 0) is 63.6 Å². The second-order valence-corrected chi connectivity index (χ2v) is 26.5. The molecule has 43 heavy (non-hydrogen) atoms. The topological polar surface area (TPSA) is 38.7 Å². The van der Waals surface area contributed by atoms with Crippen LogP contribution in [-0.2, 0) is 0 Å². The van der Waals surface area contributed by atoms with E-state index in [-0.39, 0.29) is 0 Å². The van der Waals surface area contributed by atoms with Crippen molar-refractivity contribution in [1.82, 2.24) is 15.0 Å². The van der Waals surface area contributed by atoms with Crippen LogP contribution < -0.4 is 9.00 Å². The van der Waals surface area contributed by atoms with E-state index in [1.54, 1.807) is 23.7 Å². The molecule has 0 fully saturated rings. The van der Waals surface area contributed by atoms with Crippen molar-refractivity contribution in [1.29, 1.82) is 0 Å². The zero-order valence-electron chi connectivity index (χ0n) is 25.2. The van der Waals surface area contributed by atoms with Gasteiger partial charge in [0.25, 0.3) is 0 Å². The molecule has 0 aliphatic heterocycles. The number of aromatic nitrogens is 3. The summed E-state index contributed by atoms with van der Waals surface area (Å²) in [7, 11) is -2.79. The van der Waals surface area contributed by atoms with E-state index in [0.717, 1.165) is 33.2 Å². The molecule has 6 rings (SSSR count). The minimum Gasteiger partial charge on any atom is -0.255 e. The first-order valence-corrected chi connectivity index (χ1v) is 23.7. The van der Waals surface area contributed by atoms with Crippen LogP contribution in [0.3, 0.4) is 0 Å². The van der Waals surface area contributed by atoms with E-state index in [1.165, 1.54) is 29.2 Å². The highest BCUT2D eigenvalue weighted by molar-refractivity contribution is 7.32. The summed E-state index contributed by atoms with van der Waals surface area (Å²) in [4.78, 5) is 19.0. The van der Waals surface area contributed by atoms with Crippen LogP contribution in [0.2, 0.25) is 39.3 Å². The third-order valence-electron chi connectivity index (χ3n) is 6.92. The fourth-order valence-corrected chi connectivity index (χ4v) is 11.6. The molecule has 8 heteroatoms. The molecule has 0 aromatic carbocycles. The monoisotopic (exact) mass is 647 g/mol. The highest BCUT2D eigenvalue weighted by Crippen LogP contribution is 2.42. The van der Waals surface area contributed by atoms with E-state index < -0.39 is 16.1 Å². The Bertz CT molecular complexity index is 1820.